The molecule has 1 heterocycles. The van der Waals surface area contributed by atoms with Crippen molar-refractivity contribution in [3.63, 3.8) is 0 Å². The van der Waals surface area contributed by atoms with Crippen molar-refractivity contribution in [3.8, 4) is 0 Å². The molecule has 3 N–H and O–H groups in total. The Kier molecular flexibility index (Phi) is 15.1. The molecule has 0 unspecified atom stereocenters. The molecule has 5 nitrogen and oxygen atoms in total. The Morgan fingerprint density at radius 2 is 1.50 bits per heavy atom. The second-order valence-corrected chi connectivity index (χ2v) is 7.91. The molecule has 0 saturated carbocycles. The van der Waals surface area contributed by atoms with E-state index >= 15 is 0 Å². The lowest BCUT2D eigenvalue weighted by molar-refractivity contribution is -0.137. The first-order valence-electron chi connectivity index (χ1n) is 11.7. The van der Waals surface area contributed by atoms with Gasteiger partial charge >= 0.3 is 6.18 Å². The predicted octanol–water partition coefficient (Wildman–Crippen LogP) is 4.37. The number of benzene rings is 2. The van der Waals surface area contributed by atoms with Crippen molar-refractivity contribution in [1.82, 2.24) is 16.0 Å². The van der Waals surface area contributed by atoms with Crippen molar-refractivity contribution in [2.24, 2.45) is 5.92 Å². The molecule has 2 amide bonds. The van der Waals surface area contributed by atoms with Gasteiger partial charge in [0, 0.05) is 13.1 Å². The summed E-state index contributed by atoms with van der Waals surface area (Å²) in [4.78, 5) is 19.1. The van der Waals surface area contributed by atoms with Gasteiger partial charge in [0.05, 0.1) is 5.56 Å². The number of carbonyl (C=O) groups excluding carboxylic acids is 2. The maximum absolute atomic E-state index is 12.6. The average Bonchev–Trinajstić information content (AvgIpc) is 2.87. The number of alkyl halides is 3. The highest BCUT2D eigenvalue weighted by Crippen LogP contribution is 2.30. The van der Waals surface area contributed by atoms with Gasteiger partial charge in [0.1, 0.15) is 0 Å². The number of rotatable bonds is 9. The highest BCUT2D eigenvalue weighted by Gasteiger charge is 2.30. The van der Waals surface area contributed by atoms with Gasteiger partial charge in [0.2, 0.25) is 12.8 Å². The van der Waals surface area contributed by atoms with Crippen LogP contribution in [0.2, 0.25) is 0 Å². The van der Waals surface area contributed by atoms with E-state index in [1.54, 1.807) is 6.07 Å². The Labute approximate surface area is 200 Å². The first-order chi connectivity index (χ1) is 16.4. The lowest BCUT2D eigenvalue weighted by Crippen LogP contribution is -2.27. The maximum atomic E-state index is 12.6. The number of hydrogen-bond acceptors (Lipinski definition) is 3. The van der Waals surface area contributed by atoms with E-state index in [0.29, 0.717) is 31.8 Å². The third-order valence-electron chi connectivity index (χ3n) is 5.39. The Bertz CT molecular complexity index is 785. The maximum Gasteiger partial charge on any atom is 0.416 e. The van der Waals surface area contributed by atoms with Crippen molar-refractivity contribution in [2.75, 3.05) is 26.2 Å². The zero-order valence-electron chi connectivity index (χ0n) is 19.7. The number of nitrogens with one attached hydrogen (secondary N) is 3. The second-order valence-electron chi connectivity index (χ2n) is 7.91. The molecule has 1 saturated heterocycles. The van der Waals surface area contributed by atoms with Crippen LogP contribution in [0.25, 0.3) is 0 Å². The molecule has 2 aromatic carbocycles. The molecular weight excluding hydrogens is 443 g/mol. The molecule has 8 heteroatoms. The van der Waals surface area contributed by atoms with Crippen LogP contribution in [0.3, 0.4) is 0 Å². The minimum absolute atomic E-state index is 0.488. The number of piperidine rings is 1. The van der Waals surface area contributed by atoms with Crippen LogP contribution in [-0.2, 0) is 28.6 Å². The standard InChI is InChI=1S/C14H18F3N.C8H10.C4H8N2O2/c15-14(16,17)13-3-1-2-12(10-13)5-4-11-6-8-18-9-7-11;1-2-8-6-4-3-5-7-8;7-3-5-1-2-6-4-8/h1-3,10-11,18H,4-9H2;3-7H,2H2,1H3;3-4H,1-2H2,(H,5,7)(H,6,8). The number of hydrogen-bond donors (Lipinski definition) is 3. The van der Waals surface area contributed by atoms with Gasteiger partial charge in [-0.3, -0.25) is 9.59 Å². The Balaban J connectivity index is 0.000000300. The minimum Gasteiger partial charge on any atom is -0.357 e. The molecule has 188 valence electrons. The fourth-order valence-corrected chi connectivity index (χ4v) is 3.42. The van der Waals surface area contributed by atoms with Crippen LogP contribution in [0.1, 0.15) is 42.9 Å². The van der Waals surface area contributed by atoms with Crippen LogP contribution in [0.15, 0.2) is 54.6 Å². The summed E-state index contributed by atoms with van der Waals surface area (Å²) in [5.74, 6) is 0.654. The zero-order valence-corrected chi connectivity index (χ0v) is 19.7. The second kappa shape index (κ2) is 17.6. The third kappa shape index (κ3) is 13.6. The van der Waals surface area contributed by atoms with Gasteiger partial charge in [-0.15, -0.1) is 0 Å². The van der Waals surface area contributed by atoms with E-state index in [1.165, 1.54) is 17.7 Å². The van der Waals surface area contributed by atoms with E-state index in [2.05, 4.69) is 47.1 Å². The van der Waals surface area contributed by atoms with Gasteiger partial charge in [-0.25, -0.2) is 0 Å². The summed E-state index contributed by atoms with van der Waals surface area (Å²) in [6, 6.07) is 16.2. The number of amides is 2. The van der Waals surface area contributed by atoms with Gasteiger partial charge < -0.3 is 16.0 Å². The Morgan fingerprint density at radius 1 is 0.912 bits per heavy atom. The first kappa shape index (κ1) is 29.2. The summed E-state index contributed by atoms with van der Waals surface area (Å²) in [6.45, 7) is 5.21. The molecule has 0 aromatic heterocycles. The minimum atomic E-state index is -4.23. The average molecular weight is 480 g/mol. The van der Waals surface area contributed by atoms with Gasteiger partial charge in [0.25, 0.3) is 0 Å². The van der Waals surface area contributed by atoms with E-state index < -0.39 is 11.7 Å². The van der Waals surface area contributed by atoms with Crippen LogP contribution >= 0.6 is 0 Å². The van der Waals surface area contributed by atoms with E-state index in [-0.39, 0.29) is 0 Å². The van der Waals surface area contributed by atoms with Gasteiger partial charge in [-0.1, -0.05) is 55.5 Å². The molecule has 1 aliphatic heterocycles. The SMILES string of the molecule is CCc1ccccc1.FC(F)(F)c1cccc(CCC2CCNCC2)c1.O=CNCCNC=O. The first-order valence-corrected chi connectivity index (χ1v) is 11.7. The van der Waals surface area contributed by atoms with E-state index in [0.717, 1.165) is 56.8 Å². The zero-order chi connectivity index (χ0) is 25.1. The van der Waals surface area contributed by atoms with E-state index in [1.807, 2.05) is 6.07 Å². The monoisotopic (exact) mass is 479 g/mol. The normalized spacial score (nSPS) is 13.4. The Hall–Kier alpha value is -2.87. The summed E-state index contributed by atoms with van der Waals surface area (Å²) in [7, 11) is 0. The summed E-state index contributed by atoms with van der Waals surface area (Å²) in [6.07, 6.45) is 2.10. The van der Waals surface area contributed by atoms with Gasteiger partial charge in [0.15, 0.2) is 0 Å². The fraction of sp³-hybridized carbons (Fsp3) is 0.462. The molecule has 0 aliphatic carbocycles. The molecule has 1 fully saturated rings. The molecule has 0 atom stereocenters. The van der Waals surface area contributed by atoms with Crippen molar-refractivity contribution < 1.29 is 22.8 Å². The van der Waals surface area contributed by atoms with Crippen molar-refractivity contribution in [3.05, 3.63) is 71.3 Å². The van der Waals surface area contributed by atoms with Crippen LogP contribution in [0.4, 0.5) is 13.2 Å². The van der Waals surface area contributed by atoms with Crippen molar-refractivity contribution >= 4 is 12.8 Å². The van der Waals surface area contributed by atoms with Crippen molar-refractivity contribution in [2.45, 2.75) is 45.2 Å². The molecule has 3 rings (SSSR count). The molecule has 34 heavy (non-hydrogen) atoms. The molecule has 1 aliphatic rings. The van der Waals surface area contributed by atoms with E-state index in [4.69, 9.17) is 0 Å². The van der Waals surface area contributed by atoms with Crippen LogP contribution < -0.4 is 16.0 Å². The summed E-state index contributed by atoms with van der Waals surface area (Å²) in [5.41, 5.74) is 1.67. The predicted molar refractivity (Wildman–Crippen MR) is 129 cm³/mol. The lowest BCUT2D eigenvalue weighted by atomic mass is 9.91. The van der Waals surface area contributed by atoms with E-state index in [9.17, 15) is 22.8 Å². The highest BCUT2D eigenvalue weighted by molar-refractivity contribution is 5.47. The summed E-state index contributed by atoms with van der Waals surface area (Å²) >= 11 is 0. The lowest BCUT2D eigenvalue weighted by Gasteiger charge is -2.22. The Morgan fingerprint density at radius 3 is 2.00 bits per heavy atom. The number of carbonyl (C=O) groups is 2. The van der Waals surface area contributed by atoms with Crippen molar-refractivity contribution in [1.29, 1.82) is 0 Å². The number of halogens is 3. The summed E-state index contributed by atoms with van der Waals surface area (Å²) < 4.78 is 37.7. The van der Waals surface area contributed by atoms with Crippen LogP contribution in [0.5, 0.6) is 0 Å². The molecule has 0 radical (unpaired) electrons. The molecule has 0 spiro atoms. The number of aryl methyl sites for hydroxylation is 2. The van der Waals surface area contributed by atoms with Crippen LogP contribution in [0, 0.1) is 5.92 Å². The topological polar surface area (TPSA) is 70.2 Å². The molecule has 2 aromatic rings. The fourth-order valence-electron chi connectivity index (χ4n) is 3.42. The quantitative estimate of drug-likeness (QED) is 0.370. The smallest absolute Gasteiger partial charge is 0.357 e. The van der Waals surface area contributed by atoms with Gasteiger partial charge in [-0.2, -0.15) is 13.2 Å². The summed E-state index contributed by atoms with van der Waals surface area (Å²) in [5, 5.41) is 8.06. The van der Waals surface area contributed by atoms with Gasteiger partial charge in [-0.05, 0) is 68.3 Å². The molecular formula is C26H36F3N3O2. The highest BCUT2D eigenvalue weighted by atomic mass is 19.4. The van der Waals surface area contributed by atoms with Crippen LogP contribution in [-0.4, -0.2) is 39.0 Å². The largest absolute Gasteiger partial charge is 0.416 e. The third-order valence-corrected chi connectivity index (χ3v) is 5.39. The molecule has 0 bridgehead atoms.